The summed E-state index contributed by atoms with van der Waals surface area (Å²) in [7, 11) is 0. The summed E-state index contributed by atoms with van der Waals surface area (Å²) in [6.07, 6.45) is 0.114. The van der Waals surface area contributed by atoms with Crippen molar-refractivity contribution in [1.29, 1.82) is 5.26 Å². The molecule has 0 heterocycles. The average molecular weight is 263 g/mol. The molecule has 0 aromatic heterocycles. The maximum Gasteiger partial charge on any atom is 0.269 e. The van der Waals surface area contributed by atoms with E-state index in [2.05, 4.69) is 5.32 Å². The molecule has 100 valence electrons. The number of ether oxygens (including phenoxy) is 1. The molecule has 0 fully saturated rings. The smallest absolute Gasteiger partial charge is 0.269 e. The minimum absolute atomic E-state index is 0.0204. The van der Waals surface area contributed by atoms with Crippen LogP contribution in [-0.4, -0.2) is 23.5 Å². The van der Waals surface area contributed by atoms with Gasteiger partial charge in [0.15, 0.2) is 0 Å². The number of carbonyl (C=O) groups excluding carboxylic acids is 1. The largest absolute Gasteiger partial charge is 0.493 e. The lowest BCUT2D eigenvalue weighted by atomic mass is 10.3. The fourth-order valence-corrected chi connectivity index (χ4v) is 1.27. The van der Waals surface area contributed by atoms with Gasteiger partial charge >= 0.3 is 0 Å². The zero-order valence-corrected chi connectivity index (χ0v) is 10.3. The van der Waals surface area contributed by atoms with Crippen molar-refractivity contribution in [2.75, 3.05) is 6.61 Å². The topological polar surface area (TPSA) is 105 Å². The van der Waals surface area contributed by atoms with Crippen LogP contribution in [0.4, 0.5) is 5.69 Å². The number of non-ortho nitro benzene ring substituents is 1. The number of nitro groups is 1. The number of benzene rings is 1. The van der Waals surface area contributed by atoms with Crippen molar-refractivity contribution in [1.82, 2.24) is 5.32 Å². The highest BCUT2D eigenvalue weighted by molar-refractivity contribution is 5.76. The quantitative estimate of drug-likeness (QED) is 0.616. The highest BCUT2D eigenvalue weighted by Gasteiger charge is 2.07. The monoisotopic (exact) mass is 263 g/mol. The number of rotatable bonds is 6. The number of nitro benzene ring substituents is 1. The lowest BCUT2D eigenvalue weighted by Crippen LogP contribution is -2.32. The number of nitrogens with one attached hydrogen (secondary N) is 1. The summed E-state index contributed by atoms with van der Waals surface area (Å²) in [5.74, 6) is 0.169. The molecular weight excluding hydrogens is 250 g/mol. The van der Waals surface area contributed by atoms with E-state index in [1.54, 1.807) is 6.92 Å². The molecule has 1 rings (SSSR count). The highest BCUT2D eigenvalue weighted by atomic mass is 16.6. The SMILES string of the molecule is C[C@@H](C#N)NC(=O)CCOc1ccc([N+](=O)[O-])cc1. The van der Waals surface area contributed by atoms with Gasteiger partial charge in [-0.15, -0.1) is 0 Å². The predicted molar refractivity (Wildman–Crippen MR) is 66.4 cm³/mol. The molecule has 0 saturated carbocycles. The predicted octanol–water partition coefficient (Wildman–Crippen LogP) is 1.39. The minimum Gasteiger partial charge on any atom is -0.493 e. The van der Waals surface area contributed by atoms with Gasteiger partial charge in [0, 0.05) is 12.1 Å². The lowest BCUT2D eigenvalue weighted by Gasteiger charge is -2.07. The number of hydrogen-bond donors (Lipinski definition) is 1. The first-order valence-electron chi connectivity index (χ1n) is 5.59. The summed E-state index contributed by atoms with van der Waals surface area (Å²) in [5, 5.41) is 21.4. The summed E-state index contributed by atoms with van der Waals surface area (Å²) < 4.78 is 5.26. The van der Waals surface area contributed by atoms with Gasteiger partial charge in [0.05, 0.1) is 24.0 Å². The molecular formula is C12H13N3O4. The number of nitriles is 1. The number of hydrogen-bond acceptors (Lipinski definition) is 5. The van der Waals surface area contributed by atoms with Crippen LogP contribution in [0.15, 0.2) is 24.3 Å². The molecule has 0 bridgehead atoms. The second kappa shape index (κ2) is 6.96. The van der Waals surface area contributed by atoms with E-state index in [4.69, 9.17) is 10.00 Å². The molecule has 1 aromatic rings. The van der Waals surface area contributed by atoms with Gasteiger partial charge in [0.2, 0.25) is 5.91 Å². The van der Waals surface area contributed by atoms with E-state index < -0.39 is 11.0 Å². The molecule has 1 aromatic carbocycles. The van der Waals surface area contributed by atoms with Gasteiger partial charge < -0.3 is 10.1 Å². The maximum absolute atomic E-state index is 11.3. The number of carbonyl (C=O) groups is 1. The Balaban J connectivity index is 2.35. The molecule has 0 aliphatic rings. The Morgan fingerprint density at radius 3 is 2.68 bits per heavy atom. The minimum atomic E-state index is -0.535. The van der Waals surface area contributed by atoms with Crippen molar-refractivity contribution in [2.45, 2.75) is 19.4 Å². The van der Waals surface area contributed by atoms with Gasteiger partial charge in [0.25, 0.3) is 5.69 Å². The molecule has 19 heavy (non-hydrogen) atoms. The zero-order valence-electron chi connectivity index (χ0n) is 10.3. The van der Waals surface area contributed by atoms with Crippen molar-refractivity contribution in [3.63, 3.8) is 0 Å². The first-order chi connectivity index (χ1) is 9.02. The van der Waals surface area contributed by atoms with Crippen molar-refractivity contribution < 1.29 is 14.5 Å². The lowest BCUT2D eigenvalue weighted by molar-refractivity contribution is -0.384. The maximum atomic E-state index is 11.3. The van der Waals surface area contributed by atoms with Gasteiger partial charge in [-0.05, 0) is 19.1 Å². The molecule has 7 nitrogen and oxygen atoms in total. The highest BCUT2D eigenvalue weighted by Crippen LogP contribution is 2.17. The Labute approximate surface area is 109 Å². The summed E-state index contributed by atoms with van der Waals surface area (Å²) in [6, 6.07) is 6.93. The normalized spacial score (nSPS) is 11.2. The third-order valence-corrected chi connectivity index (χ3v) is 2.22. The van der Waals surface area contributed by atoms with E-state index in [9.17, 15) is 14.9 Å². The van der Waals surface area contributed by atoms with E-state index in [-0.39, 0.29) is 24.6 Å². The van der Waals surface area contributed by atoms with Crippen LogP contribution in [0.25, 0.3) is 0 Å². The van der Waals surface area contributed by atoms with Gasteiger partial charge in [-0.1, -0.05) is 0 Å². The molecule has 7 heteroatoms. The number of amides is 1. The third-order valence-electron chi connectivity index (χ3n) is 2.22. The van der Waals surface area contributed by atoms with Crippen LogP contribution in [0, 0.1) is 21.4 Å². The third kappa shape index (κ3) is 5.04. The fraction of sp³-hybridized carbons (Fsp3) is 0.333. The Morgan fingerprint density at radius 2 is 2.16 bits per heavy atom. The summed E-state index contributed by atoms with van der Waals surface area (Å²) in [5.41, 5.74) is -0.0204. The molecule has 0 radical (unpaired) electrons. The van der Waals surface area contributed by atoms with E-state index in [0.29, 0.717) is 5.75 Å². The molecule has 0 spiro atoms. The Hall–Kier alpha value is -2.62. The van der Waals surface area contributed by atoms with Crippen LogP contribution in [-0.2, 0) is 4.79 Å². The first-order valence-corrected chi connectivity index (χ1v) is 5.59. The summed E-state index contributed by atoms with van der Waals surface area (Å²) in [4.78, 5) is 21.2. The molecule has 0 saturated heterocycles. The Morgan fingerprint density at radius 1 is 1.53 bits per heavy atom. The zero-order chi connectivity index (χ0) is 14.3. The van der Waals surface area contributed by atoms with Gasteiger partial charge in [-0.2, -0.15) is 5.26 Å². The van der Waals surface area contributed by atoms with Gasteiger partial charge in [-0.3, -0.25) is 14.9 Å². The molecule has 1 amide bonds. The van der Waals surface area contributed by atoms with Crippen LogP contribution in [0.5, 0.6) is 5.75 Å². The molecule has 0 aliphatic heterocycles. The Bertz CT molecular complexity index is 493. The molecule has 1 atom stereocenters. The van der Waals surface area contributed by atoms with E-state index in [1.165, 1.54) is 24.3 Å². The van der Waals surface area contributed by atoms with Crippen molar-refractivity contribution in [3.05, 3.63) is 34.4 Å². The van der Waals surface area contributed by atoms with Crippen LogP contribution in [0.1, 0.15) is 13.3 Å². The van der Waals surface area contributed by atoms with Crippen molar-refractivity contribution in [3.8, 4) is 11.8 Å². The summed E-state index contributed by atoms with van der Waals surface area (Å²) >= 11 is 0. The van der Waals surface area contributed by atoms with Gasteiger partial charge in [0.1, 0.15) is 11.8 Å². The fourth-order valence-electron chi connectivity index (χ4n) is 1.27. The number of nitrogens with zero attached hydrogens (tertiary/aromatic N) is 2. The Kier molecular flexibility index (Phi) is 5.29. The average Bonchev–Trinajstić information content (AvgIpc) is 2.39. The van der Waals surface area contributed by atoms with E-state index in [1.807, 2.05) is 6.07 Å². The molecule has 1 N–H and O–H groups in total. The van der Waals surface area contributed by atoms with E-state index >= 15 is 0 Å². The van der Waals surface area contributed by atoms with Crippen molar-refractivity contribution in [2.24, 2.45) is 0 Å². The van der Waals surface area contributed by atoms with Gasteiger partial charge in [-0.25, -0.2) is 0 Å². The standard InChI is InChI=1S/C12H13N3O4/c1-9(8-13)14-12(16)6-7-19-11-4-2-10(3-5-11)15(17)18/h2-5,9H,6-7H2,1H3,(H,14,16)/t9-/m0/s1. The van der Waals surface area contributed by atoms with E-state index in [0.717, 1.165) is 0 Å². The second-order valence-corrected chi connectivity index (χ2v) is 3.77. The van der Waals surface area contributed by atoms with Crippen molar-refractivity contribution >= 4 is 11.6 Å². The first kappa shape index (κ1) is 14.4. The van der Waals surface area contributed by atoms with Crippen LogP contribution >= 0.6 is 0 Å². The summed E-state index contributed by atoms with van der Waals surface area (Å²) in [6.45, 7) is 1.72. The van der Waals surface area contributed by atoms with Crippen LogP contribution in [0.3, 0.4) is 0 Å². The van der Waals surface area contributed by atoms with Crippen LogP contribution in [0.2, 0.25) is 0 Å². The molecule has 0 unspecified atom stereocenters. The van der Waals surface area contributed by atoms with Crippen LogP contribution < -0.4 is 10.1 Å². The second-order valence-electron chi connectivity index (χ2n) is 3.77. The molecule has 0 aliphatic carbocycles.